The minimum Gasteiger partial charge on any atom is -0.443 e. The van der Waals surface area contributed by atoms with Crippen molar-refractivity contribution in [3.05, 3.63) is 24.0 Å². The van der Waals surface area contributed by atoms with Crippen LogP contribution in [-0.4, -0.2) is 182 Å². The number of nitrogens with one attached hydrogen (secondary N) is 5. The van der Waals surface area contributed by atoms with Crippen LogP contribution < -0.4 is 26.6 Å². The molecule has 0 saturated heterocycles. The van der Waals surface area contributed by atoms with Crippen molar-refractivity contribution >= 4 is 35.4 Å². The van der Waals surface area contributed by atoms with Gasteiger partial charge < -0.3 is 69.3 Å². The maximum Gasteiger partial charge on any atom is 0.407 e. The average Bonchev–Trinajstić information content (AvgIpc) is 3.69. The molecule has 0 spiro atoms. The molecule has 1 aromatic rings. The monoisotopic (exact) mass is 887 g/mol. The van der Waals surface area contributed by atoms with E-state index in [1.165, 1.54) is 0 Å². The van der Waals surface area contributed by atoms with Gasteiger partial charge in [0.15, 0.2) is 6.61 Å². The van der Waals surface area contributed by atoms with Crippen molar-refractivity contribution in [2.45, 2.75) is 54.2 Å². The minimum absolute atomic E-state index is 0.0601. The Balaban J connectivity index is 1.91. The Morgan fingerprint density at radius 1 is 0.629 bits per heavy atom. The van der Waals surface area contributed by atoms with Gasteiger partial charge in [0.25, 0.3) is 5.91 Å². The van der Waals surface area contributed by atoms with Crippen molar-refractivity contribution in [1.82, 2.24) is 41.6 Å². The predicted octanol–water partition coefficient (Wildman–Crippen LogP) is -0.510. The molecule has 1 heterocycles. The van der Waals surface area contributed by atoms with Gasteiger partial charge in [-0.25, -0.2) is 9.48 Å². The van der Waals surface area contributed by atoms with E-state index in [1.807, 2.05) is 0 Å². The zero-order valence-electron chi connectivity index (χ0n) is 37.1. The molecule has 62 heavy (non-hydrogen) atoms. The summed E-state index contributed by atoms with van der Waals surface area (Å²) in [5.41, 5.74) is 1.92. The van der Waals surface area contributed by atoms with Crippen molar-refractivity contribution in [1.29, 1.82) is 0 Å². The Bertz CT molecular complexity index is 1460. The number of nitrogens with zero attached hydrogens (tertiary/aromatic N) is 4. The molecule has 1 rings (SSSR count). The van der Waals surface area contributed by atoms with Crippen molar-refractivity contribution in [3.8, 4) is 0 Å². The molecule has 0 unspecified atom stereocenters. The van der Waals surface area contributed by atoms with Crippen molar-refractivity contribution in [3.63, 3.8) is 0 Å². The first-order chi connectivity index (χ1) is 29.7. The molecule has 354 valence electrons. The number of aromatic nitrogens is 3. The molecule has 0 aliphatic carbocycles. The van der Waals surface area contributed by atoms with Gasteiger partial charge >= 0.3 is 6.09 Å². The number of hydrogen-bond donors (Lipinski definition) is 5. The SMILES string of the molecule is C=C(C)/C(C)=N\OCC(=O)NCC(=O)NCC(=O)NCC(=O)NCCNC(=O)OCc1cn(CCOCCOCCOCCOCCOCCOCCOCCC(C)(C)C)nn1. The summed E-state index contributed by atoms with van der Waals surface area (Å²) in [6.07, 6.45) is 1.93. The van der Waals surface area contributed by atoms with Crippen LogP contribution in [0, 0.1) is 5.41 Å². The Labute approximate surface area is 363 Å². The van der Waals surface area contributed by atoms with E-state index in [0.717, 1.165) is 13.0 Å². The highest BCUT2D eigenvalue weighted by Crippen LogP contribution is 2.17. The zero-order valence-corrected chi connectivity index (χ0v) is 37.1. The van der Waals surface area contributed by atoms with Crippen molar-refractivity contribution in [2.75, 3.05) is 132 Å². The molecule has 5 N–H and O–H groups in total. The Hall–Kier alpha value is -4.78. The number of alkyl carbamates (subject to hydrolysis) is 1. The highest BCUT2D eigenvalue weighted by atomic mass is 16.6. The standard InChI is InChI=1S/C39H69N9O14/c1-31(2)32(3)46-62-30-37(52)44-27-36(51)43-26-35(50)42-25-34(49)40-8-9-41-38(53)61-29-33-28-48(47-45-33)10-12-55-14-16-57-18-20-59-22-24-60-23-21-58-19-17-56-15-13-54-11-7-39(4,5)6/h28H,1,7-27,29-30H2,2-6H3,(H,40,49)(H,41,53)(H,42,50)(H,43,51)(H,44,52)/b46-32-. The highest BCUT2D eigenvalue weighted by molar-refractivity contribution is 5.96. The lowest BCUT2D eigenvalue weighted by Gasteiger charge is -2.17. The van der Waals surface area contributed by atoms with Crippen molar-refractivity contribution < 1.29 is 66.7 Å². The summed E-state index contributed by atoms with van der Waals surface area (Å²) in [6, 6.07) is 0. The molecular weight excluding hydrogens is 818 g/mol. The van der Waals surface area contributed by atoms with E-state index in [1.54, 1.807) is 24.7 Å². The smallest absolute Gasteiger partial charge is 0.407 e. The van der Waals surface area contributed by atoms with Gasteiger partial charge in [-0.1, -0.05) is 37.7 Å². The maximum absolute atomic E-state index is 12.0. The van der Waals surface area contributed by atoms with E-state index < -0.39 is 42.9 Å². The zero-order chi connectivity index (χ0) is 45.7. The van der Waals surface area contributed by atoms with Crippen LogP contribution >= 0.6 is 0 Å². The van der Waals surface area contributed by atoms with E-state index >= 15 is 0 Å². The van der Waals surface area contributed by atoms with Gasteiger partial charge in [0, 0.05) is 19.7 Å². The van der Waals surface area contributed by atoms with Gasteiger partial charge in [-0.2, -0.15) is 0 Å². The number of amides is 5. The first kappa shape index (κ1) is 55.2. The van der Waals surface area contributed by atoms with E-state index in [0.29, 0.717) is 109 Å². The molecule has 23 heteroatoms. The topological polar surface area (TPSA) is 272 Å². The Kier molecular flexibility index (Phi) is 31.9. The summed E-state index contributed by atoms with van der Waals surface area (Å²) in [4.78, 5) is 64.3. The Morgan fingerprint density at radius 2 is 1.06 bits per heavy atom. The second-order valence-corrected chi connectivity index (χ2v) is 14.5. The second-order valence-electron chi connectivity index (χ2n) is 14.5. The summed E-state index contributed by atoms with van der Waals surface area (Å²) in [5, 5.41) is 23.6. The highest BCUT2D eigenvalue weighted by Gasteiger charge is 2.11. The lowest BCUT2D eigenvalue weighted by molar-refractivity contribution is -0.130. The van der Waals surface area contributed by atoms with Gasteiger partial charge in [0.1, 0.15) is 12.3 Å². The molecule has 5 amide bonds. The van der Waals surface area contributed by atoms with Gasteiger partial charge in [-0.05, 0) is 31.3 Å². The largest absolute Gasteiger partial charge is 0.443 e. The van der Waals surface area contributed by atoms with Crippen LogP contribution in [0.1, 0.15) is 46.7 Å². The summed E-state index contributed by atoms with van der Waals surface area (Å²) < 4.78 is 45.2. The fraction of sp³-hybridized carbons (Fsp3) is 0.744. The Morgan fingerprint density at radius 3 is 1.55 bits per heavy atom. The van der Waals surface area contributed by atoms with Gasteiger partial charge in [-0.3, -0.25) is 19.2 Å². The first-order valence-electron chi connectivity index (χ1n) is 20.5. The van der Waals surface area contributed by atoms with Crippen molar-refractivity contribution in [2.24, 2.45) is 10.6 Å². The molecule has 0 bridgehead atoms. The van der Waals surface area contributed by atoms with E-state index in [9.17, 15) is 24.0 Å². The van der Waals surface area contributed by atoms with Crippen LogP contribution in [0.4, 0.5) is 4.79 Å². The van der Waals surface area contributed by atoms with Gasteiger partial charge in [0.2, 0.25) is 17.7 Å². The molecule has 0 aromatic carbocycles. The molecule has 23 nitrogen and oxygen atoms in total. The lowest BCUT2D eigenvalue weighted by atomic mass is 9.93. The van der Waals surface area contributed by atoms with Gasteiger partial charge in [0.05, 0.1) is 124 Å². The molecule has 0 radical (unpaired) electrons. The summed E-state index contributed by atoms with van der Waals surface area (Å²) in [6.45, 7) is 19.5. The van der Waals surface area contributed by atoms with Crippen LogP contribution in [0.5, 0.6) is 0 Å². The van der Waals surface area contributed by atoms with E-state index in [2.05, 4.69) is 69.4 Å². The number of carbonyl (C=O) groups excluding carboxylic acids is 5. The third kappa shape index (κ3) is 34.9. The van der Waals surface area contributed by atoms with Gasteiger partial charge in [-0.15, -0.1) is 5.10 Å². The molecule has 0 fully saturated rings. The lowest BCUT2D eigenvalue weighted by Crippen LogP contribution is -2.45. The number of carbonyl (C=O) groups is 5. The summed E-state index contributed by atoms with van der Waals surface area (Å²) >= 11 is 0. The molecule has 0 saturated carbocycles. The molecule has 0 aliphatic heterocycles. The quantitative estimate of drug-likeness (QED) is 0.0318. The number of rotatable bonds is 38. The molecule has 0 atom stereocenters. The third-order valence-corrected chi connectivity index (χ3v) is 7.70. The van der Waals surface area contributed by atoms with E-state index in [4.69, 9.17) is 42.7 Å². The van der Waals surface area contributed by atoms with Crippen LogP contribution in [-0.2, 0) is 75.1 Å². The normalized spacial score (nSPS) is 11.5. The van der Waals surface area contributed by atoms with Crippen LogP contribution in [0.2, 0.25) is 0 Å². The average molecular weight is 888 g/mol. The predicted molar refractivity (Wildman–Crippen MR) is 224 cm³/mol. The molecular formula is C39H69N9O14. The molecule has 0 aliphatic rings. The number of oxime groups is 1. The second kappa shape index (κ2) is 35.8. The van der Waals surface area contributed by atoms with Crippen LogP contribution in [0.3, 0.4) is 0 Å². The minimum atomic E-state index is -0.724. The number of allylic oxidation sites excluding steroid dienone is 1. The summed E-state index contributed by atoms with van der Waals surface area (Å²) in [7, 11) is 0. The van der Waals surface area contributed by atoms with Crippen LogP contribution in [0.15, 0.2) is 23.5 Å². The van der Waals surface area contributed by atoms with Crippen LogP contribution in [0.25, 0.3) is 0 Å². The number of hydrogen-bond acceptors (Lipinski definition) is 17. The first-order valence-corrected chi connectivity index (χ1v) is 20.5. The molecule has 1 aromatic heterocycles. The van der Waals surface area contributed by atoms with E-state index in [-0.39, 0.29) is 38.2 Å². The third-order valence-electron chi connectivity index (χ3n) is 7.70. The maximum atomic E-state index is 12.0. The fourth-order valence-corrected chi connectivity index (χ4v) is 4.07. The summed E-state index contributed by atoms with van der Waals surface area (Å²) in [5.74, 6) is -2.35. The fourth-order valence-electron chi connectivity index (χ4n) is 4.07. The number of ether oxygens (including phenoxy) is 8.